The van der Waals surface area contributed by atoms with Gasteiger partial charge in [-0.25, -0.2) is 0 Å². The van der Waals surface area contributed by atoms with E-state index < -0.39 is 0 Å². The van der Waals surface area contributed by atoms with Crippen LogP contribution < -0.4 is 5.32 Å². The summed E-state index contributed by atoms with van der Waals surface area (Å²) in [6.07, 6.45) is 2.31. The fourth-order valence-corrected chi connectivity index (χ4v) is 2.04. The molecule has 4 nitrogen and oxygen atoms in total. The van der Waals surface area contributed by atoms with E-state index in [0.29, 0.717) is 6.54 Å². The van der Waals surface area contributed by atoms with Crippen molar-refractivity contribution in [3.8, 4) is 0 Å². The maximum Gasteiger partial charge on any atom is 0.236 e. The lowest BCUT2D eigenvalue weighted by molar-refractivity contribution is -0.131. The van der Waals surface area contributed by atoms with Gasteiger partial charge in [0.05, 0.1) is 6.54 Å². The molecule has 100 valence electrons. The van der Waals surface area contributed by atoms with Gasteiger partial charge >= 0.3 is 0 Å². The Morgan fingerprint density at radius 3 is 2.59 bits per heavy atom. The SMILES string of the molecule is CC(C)CCCN(C)C(=O)CN1CCNCC1. The number of likely N-dealkylation sites (N-methyl/N-ethyl adjacent to an activating group) is 1. The van der Waals surface area contributed by atoms with Crippen molar-refractivity contribution in [1.82, 2.24) is 15.1 Å². The lowest BCUT2D eigenvalue weighted by atomic mass is 10.1. The van der Waals surface area contributed by atoms with Crippen molar-refractivity contribution < 1.29 is 4.79 Å². The second kappa shape index (κ2) is 7.67. The maximum absolute atomic E-state index is 12.0. The van der Waals surface area contributed by atoms with Crippen LogP contribution in [0.15, 0.2) is 0 Å². The first-order valence-corrected chi connectivity index (χ1v) is 6.76. The average Bonchev–Trinajstić information content (AvgIpc) is 2.29. The molecule has 0 atom stereocenters. The molecule has 0 aliphatic carbocycles. The van der Waals surface area contributed by atoms with Crippen molar-refractivity contribution in [3.63, 3.8) is 0 Å². The quantitative estimate of drug-likeness (QED) is 0.747. The molecule has 1 aliphatic heterocycles. The number of hydrogen-bond acceptors (Lipinski definition) is 3. The molecule has 1 N–H and O–H groups in total. The van der Waals surface area contributed by atoms with Gasteiger partial charge in [0, 0.05) is 39.8 Å². The zero-order valence-corrected chi connectivity index (χ0v) is 11.5. The summed E-state index contributed by atoms with van der Waals surface area (Å²) in [6, 6.07) is 0. The Morgan fingerprint density at radius 1 is 1.35 bits per heavy atom. The minimum Gasteiger partial charge on any atom is -0.345 e. The highest BCUT2D eigenvalue weighted by Crippen LogP contribution is 2.04. The Morgan fingerprint density at radius 2 is 2.00 bits per heavy atom. The highest BCUT2D eigenvalue weighted by Gasteiger charge is 2.15. The summed E-state index contributed by atoms with van der Waals surface area (Å²) in [5, 5.41) is 3.30. The van der Waals surface area contributed by atoms with E-state index in [-0.39, 0.29) is 5.91 Å². The maximum atomic E-state index is 12.0. The van der Waals surface area contributed by atoms with Crippen LogP contribution in [0.1, 0.15) is 26.7 Å². The molecule has 0 saturated carbocycles. The second-order valence-corrected chi connectivity index (χ2v) is 5.38. The fourth-order valence-electron chi connectivity index (χ4n) is 2.04. The van der Waals surface area contributed by atoms with E-state index in [4.69, 9.17) is 0 Å². The van der Waals surface area contributed by atoms with Crippen LogP contribution >= 0.6 is 0 Å². The summed E-state index contributed by atoms with van der Waals surface area (Å²) >= 11 is 0. The largest absolute Gasteiger partial charge is 0.345 e. The highest BCUT2D eigenvalue weighted by molar-refractivity contribution is 5.77. The van der Waals surface area contributed by atoms with Gasteiger partial charge in [-0.2, -0.15) is 0 Å². The molecule has 1 aliphatic rings. The van der Waals surface area contributed by atoms with Gasteiger partial charge in [0.15, 0.2) is 0 Å². The van der Waals surface area contributed by atoms with E-state index in [9.17, 15) is 4.79 Å². The zero-order valence-electron chi connectivity index (χ0n) is 11.5. The highest BCUT2D eigenvalue weighted by atomic mass is 16.2. The van der Waals surface area contributed by atoms with Crippen molar-refractivity contribution in [2.45, 2.75) is 26.7 Å². The lowest BCUT2D eigenvalue weighted by Crippen LogP contribution is -2.47. The number of carbonyl (C=O) groups excluding carboxylic acids is 1. The molecule has 4 heteroatoms. The van der Waals surface area contributed by atoms with Crippen LogP contribution in [0.5, 0.6) is 0 Å². The summed E-state index contributed by atoms with van der Waals surface area (Å²) in [4.78, 5) is 16.1. The van der Waals surface area contributed by atoms with Gasteiger partial charge in [-0.1, -0.05) is 13.8 Å². The minimum absolute atomic E-state index is 0.260. The Balaban J connectivity index is 2.16. The average molecular weight is 241 g/mol. The van der Waals surface area contributed by atoms with E-state index in [2.05, 4.69) is 24.1 Å². The smallest absolute Gasteiger partial charge is 0.236 e. The number of piperazine rings is 1. The van der Waals surface area contributed by atoms with Gasteiger partial charge in [0.25, 0.3) is 0 Å². The van der Waals surface area contributed by atoms with Crippen LogP contribution in [0.25, 0.3) is 0 Å². The predicted octanol–water partition coefficient (Wildman–Crippen LogP) is 0.786. The standard InChI is InChI=1S/C13H27N3O/c1-12(2)5-4-8-15(3)13(17)11-16-9-6-14-7-10-16/h12,14H,4-11H2,1-3H3. The third-order valence-corrected chi connectivity index (χ3v) is 3.27. The van der Waals surface area contributed by atoms with Crippen molar-refractivity contribution >= 4 is 5.91 Å². The minimum atomic E-state index is 0.260. The van der Waals surface area contributed by atoms with Crippen molar-refractivity contribution in [3.05, 3.63) is 0 Å². The molecule has 1 saturated heterocycles. The number of nitrogens with one attached hydrogen (secondary N) is 1. The lowest BCUT2D eigenvalue weighted by Gasteiger charge is -2.28. The Hall–Kier alpha value is -0.610. The molecule has 0 bridgehead atoms. The summed E-state index contributed by atoms with van der Waals surface area (Å²) < 4.78 is 0. The summed E-state index contributed by atoms with van der Waals surface area (Å²) in [6.45, 7) is 9.92. The van der Waals surface area contributed by atoms with Crippen LogP contribution in [0.3, 0.4) is 0 Å². The van der Waals surface area contributed by atoms with E-state index in [1.165, 1.54) is 6.42 Å². The van der Waals surface area contributed by atoms with Crippen LogP contribution in [-0.2, 0) is 4.79 Å². The molecule has 0 unspecified atom stereocenters. The normalized spacial score (nSPS) is 17.4. The van der Waals surface area contributed by atoms with E-state index in [1.807, 2.05) is 11.9 Å². The second-order valence-electron chi connectivity index (χ2n) is 5.38. The number of amides is 1. The molecule has 1 heterocycles. The molecular weight excluding hydrogens is 214 g/mol. The summed E-state index contributed by atoms with van der Waals surface area (Å²) in [5.74, 6) is 0.988. The number of hydrogen-bond donors (Lipinski definition) is 1. The fraction of sp³-hybridized carbons (Fsp3) is 0.923. The summed E-state index contributed by atoms with van der Waals surface area (Å²) in [5.41, 5.74) is 0. The predicted molar refractivity (Wildman–Crippen MR) is 71.0 cm³/mol. The molecule has 0 spiro atoms. The Kier molecular flexibility index (Phi) is 6.52. The third-order valence-electron chi connectivity index (χ3n) is 3.27. The van der Waals surface area contributed by atoms with Gasteiger partial charge in [0.2, 0.25) is 5.91 Å². The van der Waals surface area contributed by atoms with Gasteiger partial charge in [0.1, 0.15) is 0 Å². The molecule has 1 fully saturated rings. The van der Waals surface area contributed by atoms with Gasteiger partial charge in [-0.15, -0.1) is 0 Å². The van der Waals surface area contributed by atoms with Crippen LogP contribution in [-0.4, -0.2) is 62.0 Å². The van der Waals surface area contributed by atoms with Gasteiger partial charge in [-0.05, 0) is 18.8 Å². The molecule has 0 aromatic rings. The number of nitrogens with zero attached hydrogens (tertiary/aromatic N) is 2. The Bertz CT molecular complexity index is 225. The zero-order chi connectivity index (χ0) is 12.7. The van der Waals surface area contributed by atoms with Crippen LogP contribution in [0.2, 0.25) is 0 Å². The van der Waals surface area contributed by atoms with Crippen LogP contribution in [0, 0.1) is 5.92 Å². The third kappa shape index (κ3) is 6.03. The first-order valence-electron chi connectivity index (χ1n) is 6.76. The first kappa shape index (κ1) is 14.5. The molecule has 17 heavy (non-hydrogen) atoms. The van der Waals surface area contributed by atoms with E-state index in [0.717, 1.165) is 45.1 Å². The topological polar surface area (TPSA) is 35.6 Å². The molecule has 0 aromatic heterocycles. The van der Waals surface area contributed by atoms with Crippen molar-refractivity contribution in [1.29, 1.82) is 0 Å². The Labute approximate surface area is 105 Å². The van der Waals surface area contributed by atoms with Crippen molar-refractivity contribution in [2.24, 2.45) is 5.92 Å². The van der Waals surface area contributed by atoms with E-state index in [1.54, 1.807) is 0 Å². The van der Waals surface area contributed by atoms with Crippen molar-refractivity contribution in [2.75, 3.05) is 46.3 Å². The van der Waals surface area contributed by atoms with Gasteiger partial charge in [-0.3, -0.25) is 9.69 Å². The molecule has 1 rings (SSSR count). The number of rotatable bonds is 6. The number of carbonyl (C=O) groups is 1. The summed E-state index contributed by atoms with van der Waals surface area (Å²) in [7, 11) is 1.92. The molecule has 0 aromatic carbocycles. The monoisotopic (exact) mass is 241 g/mol. The molecular formula is C13H27N3O. The molecule has 0 radical (unpaired) electrons. The van der Waals surface area contributed by atoms with Crippen LogP contribution in [0.4, 0.5) is 0 Å². The van der Waals surface area contributed by atoms with Gasteiger partial charge < -0.3 is 10.2 Å². The molecule has 1 amide bonds. The van der Waals surface area contributed by atoms with E-state index >= 15 is 0 Å². The first-order chi connectivity index (χ1) is 8.09.